The maximum Gasteiger partial charge on any atom is 0.335 e. The molecule has 1 heterocycles. The molecule has 6 heteroatoms. The summed E-state index contributed by atoms with van der Waals surface area (Å²) in [5.41, 5.74) is 0.832. The molecule has 2 aromatic rings. The van der Waals surface area contributed by atoms with Crippen molar-refractivity contribution >= 4 is 5.97 Å². The molecular weight excluding hydrogens is 303 g/mol. The summed E-state index contributed by atoms with van der Waals surface area (Å²) in [6.45, 7) is 0.136. The first-order valence-electron chi connectivity index (χ1n) is 6.84. The number of hydrogen-bond donors (Lipinski definition) is 1. The van der Waals surface area contributed by atoms with Crippen molar-refractivity contribution in [3.63, 3.8) is 0 Å². The Morgan fingerprint density at radius 1 is 1.17 bits per heavy atom. The molecule has 0 bridgehead atoms. The summed E-state index contributed by atoms with van der Waals surface area (Å²) in [6, 6.07) is 11.4. The summed E-state index contributed by atoms with van der Waals surface area (Å²) >= 11 is 0. The van der Waals surface area contributed by atoms with Crippen molar-refractivity contribution in [1.29, 1.82) is 0 Å². The van der Waals surface area contributed by atoms with Crippen LogP contribution in [0.15, 0.2) is 55.0 Å². The van der Waals surface area contributed by atoms with Gasteiger partial charge in [-0.2, -0.15) is 0 Å². The molecule has 0 aromatic heterocycles. The lowest BCUT2D eigenvalue weighted by molar-refractivity contribution is -0.0270. The summed E-state index contributed by atoms with van der Waals surface area (Å²) < 4.78 is 30.2. The molecule has 0 amide bonds. The summed E-state index contributed by atoms with van der Waals surface area (Å²) in [6.07, 6.45) is 1.67. The Kier molecular flexibility index (Phi) is 4.14. The second kappa shape index (κ2) is 6.39. The molecule has 0 saturated carbocycles. The number of carbonyl (C=O) groups is 1. The van der Waals surface area contributed by atoms with Crippen LogP contribution in [0.2, 0.25) is 0 Å². The van der Waals surface area contributed by atoms with Crippen molar-refractivity contribution in [2.24, 2.45) is 0 Å². The van der Waals surface area contributed by atoms with Crippen molar-refractivity contribution in [1.82, 2.24) is 0 Å². The largest absolute Gasteiger partial charge is 0.485 e. The van der Waals surface area contributed by atoms with Crippen LogP contribution in [0.5, 0.6) is 5.75 Å². The third kappa shape index (κ3) is 3.26. The second-order valence-electron chi connectivity index (χ2n) is 4.83. The first-order valence-corrected chi connectivity index (χ1v) is 6.84. The molecule has 23 heavy (non-hydrogen) atoms. The van der Waals surface area contributed by atoms with Crippen LogP contribution >= 0.6 is 0 Å². The molecule has 1 N–H and O–H groups in total. The predicted octanol–water partition coefficient (Wildman–Crippen LogP) is 3.62. The van der Waals surface area contributed by atoms with Gasteiger partial charge in [0.25, 0.3) is 6.29 Å². The van der Waals surface area contributed by atoms with Crippen molar-refractivity contribution in [2.45, 2.75) is 12.9 Å². The van der Waals surface area contributed by atoms with Gasteiger partial charge in [0.15, 0.2) is 11.6 Å². The molecule has 0 saturated heterocycles. The normalized spacial score (nSPS) is 13.4. The van der Waals surface area contributed by atoms with Gasteiger partial charge in [-0.3, -0.25) is 0 Å². The molecule has 1 aliphatic rings. The van der Waals surface area contributed by atoms with Gasteiger partial charge in [-0.05, 0) is 17.7 Å². The lowest BCUT2D eigenvalue weighted by Gasteiger charge is -2.17. The third-order valence-corrected chi connectivity index (χ3v) is 3.26. The number of carboxylic acid groups (broad SMARTS) is 1. The molecule has 0 atom stereocenters. The van der Waals surface area contributed by atoms with Gasteiger partial charge in [-0.25, -0.2) is 9.18 Å². The summed E-state index contributed by atoms with van der Waals surface area (Å²) in [5.74, 6) is -2.12. The van der Waals surface area contributed by atoms with E-state index < -0.39 is 18.1 Å². The molecule has 5 nitrogen and oxygen atoms in total. The van der Waals surface area contributed by atoms with Crippen molar-refractivity contribution in [3.8, 4) is 5.75 Å². The molecule has 0 unspecified atom stereocenters. The molecular formula is C17H13FO5. The highest BCUT2D eigenvalue weighted by Gasteiger charge is 2.25. The number of ether oxygens (including phenoxy) is 3. The SMILES string of the molecule is O=C(O)c1cc(F)c(OCc2ccccc2)c(C2OC=CO2)c1. The molecule has 3 rings (SSSR count). The van der Waals surface area contributed by atoms with Gasteiger partial charge in [0.2, 0.25) is 0 Å². The minimum absolute atomic E-state index is 0.0902. The van der Waals surface area contributed by atoms with E-state index in [1.165, 1.54) is 18.6 Å². The zero-order valence-corrected chi connectivity index (χ0v) is 11.9. The first-order chi connectivity index (χ1) is 11.1. The predicted molar refractivity (Wildman–Crippen MR) is 78.2 cm³/mol. The van der Waals surface area contributed by atoms with Gasteiger partial charge < -0.3 is 19.3 Å². The number of halogens is 1. The summed E-state index contributed by atoms with van der Waals surface area (Å²) in [5, 5.41) is 9.07. The van der Waals surface area contributed by atoms with Gasteiger partial charge in [-0.1, -0.05) is 30.3 Å². The Morgan fingerprint density at radius 3 is 2.52 bits per heavy atom. The Balaban J connectivity index is 1.92. The van der Waals surface area contributed by atoms with E-state index >= 15 is 0 Å². The summed E-state index contributed by atoms with van der Waals surface area (Å²) in [7, 11) is 0. The quantitative estimate of drug-likeness (QED) is 0.912. The zero-order chi connectivity index (χ0) is 16.2. The zero-order valence-electron chi connectivity index (χ0n) is 11.9. The van der Waals surface area contributed by atoms with Gasteiger partial charge >= 0.3 is 5.97 Å². The molecule has 0 aliphatic carbocycles. The highest BCUT2D eigenvalue weighted by atomic mass is 19.1. The number of benzene rings is 2. The molecule has 2 aromatic carbocycles. The molecule has 118 valence electrons. The van der Waals surface area contributed by atoms with E-state index in [-0.39, 0.29) is 23.5 Å². The van der Waals surface area contributed by atoms with Crippen molar-refractivity contribution < 1.29 is 28.5 Å². The van der Waals surface area contributed by atoms with Crippen molar-refractivity contribution in [2.75, 3.05) is 0 Å². The molecule has 0 spiro atoms. The maximum absolute atomic E-state index is 14.3. The van der Waals surface area contributed by atoms with Crippen LogP contribution < -0.4 is 4.74 Å². The van der Waals surface area contributed by atoms with E-state index in [0.717, 1.165) is 11.6 Å². The third-order valence-electron chi connectivity index (χ3n) is 3.26. The molecule has 1 aliphatic heterocycles. The average Bonchev–Trinajstić information content (AvgIpc) is 3.08. The van der Waals surface area contributed by atoms with Crippen LogP contribution in [-0.2, 0) is 16.1 Å². The fraction of sp³-hybridized carbons (Fsp3) is 0.118. The average molecular weight is 316 g/mol. The van der Waals surface area contributed by atoms with Crippen LogP contribution in [0.25, 0.3) is 0 Å². The molecule has 0 fully saturated rings. The van der Waals surface area contributed by atoms with Crippen LogP contribution in [-0.4, -0.2) is 11.1 Å². The van der Waals surface area contributed by atoms with E-state index in [1.54, 1.807) is 0 Å². The molecule has 0 radical (unpaired) electrons. The number of rotatable bonds is 5. The Labute approximate surface area is 131 Å². The fourth-order valence-electron chi connectivity index (χ4n) is 2.18. The topological polar surface area (TPSA) is 65.0 Å². The Bertz CT molecular complexity index is 734. The van der Waals surface area contributed by atoms with Crippen molar-refractivity contribution in [3.05, 3.63) is 77.5 Å². The lowest BCUT2D eigenvalue weighted by atomic mass is 10.1. The van der Waals surface area contributed by atoms with Gasteiger partial charge in [0.05, 0.1) is 11.1 Å². The van der Waals surface area contributed by atoms with Crippen LogP contribution in [0, 0.1) is 5.82 Å². The standard InChI is InChI=1S/C17H13FO5/c18-14-9-12(16(19)20)8-13(17-21-6-7-22-17)15(14)23-10-11-4-2-1-3-5-11/h1-9,17H,10H2,(H,19,20). The van der Waals surface area contributed by atoms with Gasteiger partial charge in [0, 0.05) is 0 Å². The van der Waals surface area contributed by atoms with Crippen LogP contribution in [0.1, 0.15) is 27.8 Å². The Morgan fingerprint density at radius 2 is 1.87 bits per heavy atom. The minimum Gasteiger partial charge on any atom is -0.485 e. The number of hydrogen-bond acceptors (Lipinski definition) is 4. The van der Waals surface area contributed by atoms with E-state index in [4.69, 9.17) is 19.3 Å². The van der Waals surface area contributed by atoms with Gasteiger partial charge in [0.1, 0.15) is 19.1 Å². The van der Waals surface area contributed by atoms with E-state index in [2.05, 4.69) is 0 Å². The van der Waals surface area contributed by atoms with Crippen LogP contribution in [0.4, 0.5) is 4.39 Å². The highest BCUT2D eigenvalue weighted by Crippen LogP contribution is 2.35. The monoisotopic (exact) mass is 316 g/mol. The van der Waals surface area contributed by atoms with E-state index in [1.807, 2.05) is 30.3 Å². The Hall–Kier alpha value is -3.02. The van der Waals surface area contributed by atoms with E-state index in [9.17, 15) is 9.18 Å². The minimum atomic E-state index is -1.24. The number of aromatic carboxylic acids is 1. The maximum atomic E-state index is 14.3. The highest BCUT2D eigenvalue weighted by molar-refractivity contribution is 5.88. The fourth-order valence-corrected chi connectivity index (χ4v) is 2.18. The lowest BCUT2D eigenvalue weighted by Crippen LogP contribution is -2.09. The second-order valence-corrected chi connectivity index (χ2v) is 4.83. The smallest absolute Gasteiger partial charge is 0.335 e. The van der Waals surface area contributed by atoms with Crippen LogP contribution in [0.3, 0.4) is 0 Å². The first kappa shape index (κ1) is 14.9. The van der Waals surface area contributed by atoms with Gasteiger partial charge in [-0.15, -0.1) is 0 Å². The van der Waals surface area contributed by atoms with E-state index in [0.29, 0.717) is 0 Å². The number of carboxylic acids is 1. The summed E-state index contributed by atoms with van der Waals surface area (Å²) in [4.78, 5) is 11.1.